The Balaban J connectivity index is 2.39. The summed E-state index contributed by atoms with van der Waals surface area (Å²) in [6.45, 7) is 0.240. The standard InChI is InChI=1S/C10H17NO4/c12-9(13)6-11(7-10(14)15)5-8-3-1-2-4-8/h8H,1-7H2,(H,12,13)(H,14,15). The summed E-state index contributed by atoms with van der Waals surface area (Å²) >= 11 is 0. The van der Waals surface area contributed by atoms with Gasteiger partial charge in [0.15, 0.2) is 0 Å². The maximum atomic E-state index is 10.5. The van der Waals surface area contributed by atoms with Crippen molar-refractivity contribution in [2.45, 2.75) is 25.7 Å². The van der Waals surface area contributed by atoms with Crippen molar-refractivity contribution in [3.8, 4) is 0 Å². The molecule has 2 N–H and O–H groups in total. The Morgan fingerprint density at radius 1 is 1.07 bits per heavy atom. The Bertz CT molecular complexity index is 220. The average molecular weight is 215 g/mol. The molecule has 1 aliphatic carbocycles. The predicted molar refractivity (Wildman–Crippen MR) is 53.7 cm³/mol. The molecule has 86 valence electrons. The van der Waals surface area contributed by atoms with Crippen molar-refractivity contribution in [2.24, 2.45) is 5.92 Å². The molecule has 0 saturated heterocycles. The molecule has 0 spiro atoms. The first-order chi connectivity index (χ1) is 7.08. The highest BCUT2D eigenvalue weighted by Crippen LogP contribution is 2.25. The van der Waals surface area contributed by atoms with Gasteiger partial charge in [0.25, 0.3) is 0 Å². The van der Waals surface area contributed by atoms with E-state index in [0.29, 0.717) is 12.5 Å². The van der Waals surface area contributed by atoms with Crippen LogP contribution in [0, 0.1) is 5.92 Å². The van der Waals surface area contributed by atoms with E-state index >= 15 is 0 Å². The van der Waals surface area contributed by atoms with Crippen molar-refractivity contribution in [1.82, 2.24) is 4.90 Å². The lowest BCUT2D eigenvalue weighted by Gasteiger charge is -2.21. The van der Waals surface area contributed by atoms with E-state index in [0.717, 1.165) is 12.8 Å². The van der Waals surface area contributed by atoms with Gasteiger partial charge < -0.3 is 10.2 Å². The van der Waals surface area contributed by atoms with Gasteiger partial charge in [-0.3, -0.25) is 14.5 Å². The van der Waals surface area contributed by atoms with Crippen LogP contribution in [-0.2, 0) is 9.59 Å². The van der Waals surface area contributed by atoms with Gasteiger partial charge in [-0.25, -0.2) is 0 Å². The van der Waals surface area contributed by atoms with Crippen LogP contribution in [-0.4, -0.2) is 46.7 Å². The van der Waals surface area contributed by atoms with E-state index in [-0.39, 0.29) is 13.1 Å². The molecule has 1 rings (SSSR count). The largest absolute Gasteiger partial charge is 0.480 e. The molecule has 0 radical (unpaired) electrons. The number of hydrogen-bond donors (Lipinski definition) is 2. The summed E-state index contributed by atoms with van der Waals surface area (Å²) in [5, 5.41) is 17.3. The molecule has 0 amide bonds. The molecule has 15 heavy (non-hydrogen) atoms. The van der Waals surface area contributed by atoms with Crippen LogP contribution in [0.5, 0.6) is 0 Å². The second kappa shape index (κ2) is 5.70. The predicted octanol–water partition coefficient (Wildman–Crippen LogP) is 0.648. The molecule has 5 heteroatoms. The Labute approximate surface area is 88.7 Å². The number of aliphatic carboxylic acids is 2. The first-order valence-corrected chi connectivity index (χ1v) is 5.24. The van der Waals surface area contributed by atoms with Crippen LogP contribution in [0.15, 0.2) is 0 Å². The number of carbonyl (C=O) groups is 2. The van der Waals surface area contributed by atoms with Gasteiger partial charge in [-0.05, 0) is 18.8 Å². The van der Waals surface area contributed by atoms with Crippen molar-refractivity contribution >= 4 is 11.9 Å². The molecular formula is C10H17NO4. The van der Waals surface area contributed by atoms with E-state index in [1.165, 1.54) is 17.7 Å². The molecule has 0 aliphatic heterocycles. The summed E-state index contributed by atoms with van der Waals surface area (Å²) in [5.74, 6) is -1.45. The highest BCUT2D eigenvalue weighted by molar-refractivity contribution is 5.72. The monoisotopic (exact) mass is 215 g/mol. The molecule has 0 aromatic rings. The fourth-order valence-corrected chi connectivity index (χ4v) is 2.13. The minimum Gasteiger partial charge on any atom is -0.480 e. The van der Waals surface area contributed by atoms with Gasteiger partial charge in [0.05, 0.1) is 13.1 Å². The molecule has 0 bridgehead atoms. The lowest BCUT2D eigenvalue weighted by atomic mass is 10.1. The number of nitrogens with zero attached hydrogens (tertiary/aromatic N) is 1. The molecule has 1 saturated carbocycles. The van der Waals surface area contributed by atoms with E-state index in [1.54, 1.807) is 0 Å². The lowest BCUT2D eigenvalue weighted by molar-refractivity contribution is -0.142. The minimum atomic E-state index is -0.964. The second-order valence-corrected chi connectivity index (χ2v) is 4.11. The summed E-state index contributed by atoms with van der Waals surface area (Å²) in [7, 11) is 0. The van der Waals surface area contributed by atoms with Crippen molar-refractivity contribution in [3.05, 3.63) is 0 Å². The quantitative estimate of drug-likeness (QED) is 0.680. The van der Waals surface area contributed by atoms with Crippen LogP contribution in [0.1, 0.15) is 25.7 Å². The van der Waals surface area contributed by atoms with Gasteiger partial charge in [-0.15, -0.1) is 0 Å². The van der Waals surface area contributed by atoms with Crippen molar-refractivity contribution < 1.29 is 19.8 Å². The van der Waals surface area contributed by atoms with Gasteiger partial charge in [-0.2, -0.15) is 0 Å². The summed E-state index contributed by atoms with van der Waals surface area (Å²) in [4.78, 5) is 22.6. The lowest BCUT2D eigenvalue weighted by Crippen LogP contribution is -2.37. The first kappa shape index (κ1) is 12.0. The molecule has 5 nitrogen and oxygen atoms in total. The zero-order valence-corrected chi connectivity index (χ0v) is 8.69. The summed E-state index contributed by atoms with van der Waals surface area (Å²) in [6, 6.07) is 0. The Morgan fingerprint density at radius 2 is 1.53 bits per heavy atom. The van der Waals surface area contributed by atoms with Gasteiger partial charge in [0.2, 0.25) is 0 Å². The second-order valence-electron chi connectivity index (χ2n) is 4.11. The molecule has 1 fully saturated rings. The average Bonchev–Trinajstić information content (AvgIpc) is 2.53. The summed E-state index contributed by atoms with van der Waals surface area (Å²) in [5.41, 5.74) is 0. The highest BCUT2D eigenvalue weighted by Gasteiger charge is 2.21. The van der Waals surface area contributed by atoms with Gasteiger partial charge >= 0.3 is 11.9 Å². The van der Waals surface area contributed by atoms with Gasteiger partial charge in [-0.1, -0.05) is 12.8 Å². The number of carboxylic acid groups (broad SMARTS) is 2. The topological polar surface area (TPSA) is 77.8 Å². The molecule has 1 aliphatic rings. The maximum Gasteiger partial charge on any atom is 0.317 e. The molecule has 0 aromatic heterocycles. The third kappa shape index (κ3) is 4.78. The Hall–Kier alpha value is -1.10. The molecular weight excluding hydrogens is 198 g/mol. The van der Waals surface area contributed by atoms with Crippen LogP contribution < -0.4 is 0 Å². The van der Waals surface area contributed by atoms with E-state index in [9.17, 15) is 9.59 Å². The van der Waals surface area contributed by atoms with E-state index in [1.807, 2.05) is 0 Å². The normalized spacial score (nSPS) is 17.1. The van der Waals surface area contributed by atoms with Gasteiger partial charge in [0, 0.05) is 6.54 Å². The van der Waals surface area contributed by atoms with Crippen LogP contribution in [0.2, 0.25) is 0 Å². The van der Waals surface area contributed by atoms with Crippen molar-refractivity contribution in [1.29, 1.82) is 0 Å². The van der Waals surface area contributed by atoms with E-state index < -0.39 is 11.9 Å². The molecule has 0 aromatic carbocycles. The Kier molecular flexibility index (Phi) is 4.55. The van der Waals surface area contributed by atoms with Crippen molar-refractivity contribution in [2.75, 3.05) is 19.6 Å². The number of hydrogen-bond acceptors (Lipinski definition) is 3. The van der Waals surface area contributed by atoms with Crippen LogP contribution >= 0.6 is 0 Å². The number of carboxylic acids is 2. The highest BCUT2D eigenvalue weighted by atomic mass is 16.4. The third-order valence-electron chi connectivity index (χ3n) is 2.71. The number of rotatable bonds is 6. The maximum absolute atomic E-state index is 10.5. The summed E-state index contributed by atoms with van der Waals surface area (Å²) in [6.07, 6.45) is 4.54. The molecule has 0 atom stereocenters. The Morgan fingerprint density at radius 3 is 1.93 bits per heavy atom. The fourth-order valence-electron chi connectivity index (χ4n) is 2.13. The van der Waals surface area contributed by atoms with Crippen LogP contribution in [0.4, 0.5) is 0 Å². The zero-order chi connectivity index (χ0) is 11.3. The third-order valence-corrected chi connectivity index (χ3v) is 2.71. The van der Waals surface area contributed by atoms with Crippen LogP contribution in [0.3, 0.4) is 0 Å². The molecule has 0 unspecified atom stereocenters. The van der Waals surface area contributed by atoms with E-state index in [4.69, 9.17) is 10.2 Å². The SMILES string of the molecule is O=C(O)CN(CC(=O)O)CC1CCCC1. The van der Waals surface area contributed by atoms with Crippen LogP contribution in [0.25, 0.3) is 0 Å². The smallest absolute Gasteiger partial charge is 0.317 e. The fraction of sp³-hybridized carbons (Fsp3) is 0.800. The molecule has 0 heterocycles. The minimum absolute atomic E-state index is 0.178. The first-order valence-electron chi connectivity index (χ1n) is 5.24. The zero-order valence-electron chi connectivity index (χ0n) is 8.69. The van der Waals surface area contributed by atoms with E-state index in [2.05, 4.69) is 0 Å². The van der Waals surface area contributed by atoms with Gasteiger partial charge in [0.1, 0.15) is 0 Å². The summed E-state index contributed by atoms with van der Waals surface area (Å²) < 4.78 is 0. The van der Waals surface area contributed by atoms with Crippen molar-refractivity contribution in [3.63, 3.8) is 0 Å².